The highest BCUT2D eigenvalue weighted by atomic mass is 16.5. The number of rotatable bonds is 2. The van der Waals surface area contributed by atoms with Crippen LogP contribution < -0.4 is 4.74 Å². The van der Waals surface area contributed by atoms with Gasteiger partial charge in [-0.2, -0.15) is 0 Å². The Bertz CT molecular complexity index is 1110. The van der Waals surface area contributed by atoms with Crippen molar-refractivity contribution in [1.29, 1.82) is 0 Å². The third-order valence-electron chi connectivity index (χ3n) is 5.84. The number of fused-ring (bicyclic) bond motifs is 5. The molecule has 1 aliphatic rings. The van der Waals surface area contributed by atoms with E-state index >= 15 is 0 Å². The van der Waals surface area contributed by atoms with Gasteiger partial charge in [-0.25, -0.2) is 0 Å². The second-order valence-corrected chi connectivity index (χ2v) is 7.24. The zero-order chi connectivity index (χ0) is 17.5. The van der Waals surface area contributed by atoms with E-state index < -0.39 is 0 Å². The van der Waals surface area contributed by atoms with Crippen molar-refractivity contribution in [3.05, 3.63) is 89.5 Å². The summed E-state index contributed by atoms with van der Waals surface area (Å²) in [6, 6.07) is 26.6. The van der Waals surface area contributed by atoms with E-state index in [1.165, 1.54) is 57.5 Å². The Morgan fingerprint density at radius 1 is 0.808 bits per heavy atom. The number of ether oxygens (including phenoxy) is 1. The van der Waals surface area contributed by atoms with Crippen LogP contribution in [0.2, 0.25) is 0 Å². The number of methoxy groups -OCH3 is 1. The van der Waals surface area contributed by atoms with Gasteiger partial charge in [-0.1, -0.05) is 60.7 Å². The van der Waals surface area contributed by atoms with E-state index in [0.717, 1.165) is 5.75 Å². The fraction of sp³-hybridized carbons (Fsp3) is 0.200. The SMILES string of the molecule is COc1cccc(C2CCCc3ccc4c(ccc5ccccc54)c32)c1. The van der Waals surface area contributed by atoms with Crippen LogP contribution in [0.1, 0.15) is 35.4 Å². The van der Waals surface area contributed by atoms with Crippen molar-refractivity contribution in [2.45, 2.75) is 25.2 Å². The summed E-state index contributed by atoms with van der Waals surface area (Å²) in [5, 5.41) is 5.45. The van der Waals surface area contributed by atoms with Gasteiger partial charge in [-0.3, -0.25) is 0 Å². The van der Waals surface area contributed by atoms with Crippen LogP contribution in [-0.4, -0.2) is 7.11 Å². The zero-order valence-corrected chi connectivity index (χ0v) is 15.0. The molecule has 1 aliphatic carbocycles. The summed E-state index contributed by atoms with van der Waals surface area (Å²) in [4.78, 5) is 0. The van der Waals surface area contributed by atoms with Gasteiger partial charge in [0.2, 0.25) is 0 Å². The van der Waals surface area contributed by atoms with E-state index in [1.54, 1.807) is 7.11 Å². The predicted molar refractivity (Wildman–Crippen MR) is 109 cm³/mol. The molecule has 0 aliphatic heterocycles. The van der Waals surface area contributed by atoms with Gasteiger partial charge in [0.05, 0.1) is 7.11 Å². The van der Waals surface area contributed by atoms with Gasteiger partial charge in [0.15, 0.2) is 0 Å². The molecule has 128 valence electrons. The lowest BCUT2D eigenvalue weighted by Gasteiger charge is -2.28. The Morgan fingerprint density at radius 3 is 2.62 bits per heavy atom. The van der Waals surface area contributed by atoms with E-state index in [-0.39, 0.29) is 0 Å². The minimum Gasteiger partial charge on any atom is -0.497 e. The maximum Gasteiger partial charge on any atom is 0.119 e. The lowest BCUT2D eigenvalue weighted by atomic mass is 9.76. The van der Waals surface area contributed by atoms with Crippen LogP contribution in [0.3, 0.4) is 0 Å². The van der Waals surface area contributed by atoms with Gasteiger partial charge in [-0.05, 0) is 69.6 Å². The van der Waals surface area contributed by atoms with Crippen LogP contribution in [0.25, 0.3) is 21.5 Å². The Balaban J connectivity index is 1.78. The van der Waals surface area contributed by atoms with Gasteiger partial charge in [0, 0.05) is 5.92 Å². The highest BCUT2D eigenvalue weighted by molar-refractivity contribution is 6.09. The first-order valence-electron chi connectivity index (χ1n) is 9.42. The van der Waals surface area contributed by atoms with Crippen molar-refractivity contribution >= 4 is 21.5 Å². The lowest BCUT2D eigenvalue weighted by Crippen LogP contribution is -2.12. The normalized spacial score (nSPS) is 16.6. The minimum atomic E-state index is 0.443. The molecule has 0 heterocycles. The molecule has 4 aromatic carbocycles. The predicted octanol–water partition coefficient (Wildman–Crippen LogP) is 6.47. The van der Waals surface area contributed by atoms with Gasteiger partial charge in [0.25, 0.3) is 0 Å². The first kappa shape index (κ1) is 15.5. The van der Waals surface area contributed by atoms with E-state index in [2.05, 4.69) is 66.7 Å². The maximum absolute atomic E-state index is 5.48. The lowest BCUT2D eigenvalue weighted by molar-refractivity contribution is 0.413. The quantitative estimate of drug-likeness (QED) is 0.381. The van der Waals surface area contributed by atoms with Crippen LogP contribution >= 0.6 is 0 Å². The molecule has 0 radical (unpaired) electrons. The van der Waals surface area contributed by atoms with Crippen molar-refractivity contribution in [1.82, 2.24) is 0 Å². The van der Waals surface area contributed by atoms with E-state index in [1.807, 2.05) is 6.07 Å². The molecule has 0 saturated heterocycles. The second-order valence-electron chi connectivity index (χ2n) is 7.24. The molecule has 5 rings (SSSR count). The Kier molecular flexibility index (Phi) is 3.67. The first-order chi connectivity index (χ1) is 12.8. The minimum absolute atomic E-state index is 0.443. The summed E-state index contributed by atoms with van der Waals surface area (Å²) in [6.45, 7) is 0. The topological polar surface area (TPSA) is 9.23 Å². The summed E-state index contributed by atoms with van der Waals surface area (Å²) in [5.74, 6) is 1.39. The number of benzene rings is 4. The van der Waals surface area contributed by atoms with E-state index in [4.69, 9.17) is 4.74 Å². The highest BCUT2D eigenvalue weighted by Crippen LogP contribution is 2.42. The smallest absolute Gasteiger partial charge is 0.119 e. The van der Waals surface area contributed by atoms with Crippen LogP contribution in [0.4, 0.5) is 0 Å². The molecule has 0 N–H and O–H groups in total. The van der Waals surface area contributed by atoms with E-state index in [9.17, 15) is 0 Å². The Labute approximate surface area is 154 Å². The van der Waals surface area contributed by atoms with Crippen molar-refractivity contribution in [3.63, 3.8) is 0 Å². The number of hydrogen-bond donors (Lipinski definition) is 0. The molecular formula is C25H22O. The Morgan fingerprint density at radius 2 is 1.69 bits per heavy atom. The van der Waals surface area contributed by atoms with Crippen molar-refractivity contribution in [2.75, 3.05) is 7.11 Å². The second kappa shape index (κ2) is 6.17. The molecule has 0 bridgehead atoms. The summed E-state index contributed by atoms with van der Waals surface area (Å²) < 4.78 is 5.48. The Hall–Kier alpha value is -2.80. The maximum atomic E-state index is 5.48. The fourth-order valence-corrected chi connectivity index (χ4v) is 4.62. The average Bonchev–Trinajstić information content (AvgIpc) is 2.72. The molecule has 1 heteroatoms. The molecule has 0 aromatic heterocycles. The molecular weight excluding hydrogens is 316 g/mol. The average molecular weight is 338 g/mol. The summed E-state index contributed by atoms with van der Waals surface area (Å²) in [7, 11) is 1.75. The highest BCUT2D eigenvalue weighted by Gasteiger charge is 2.24. The van der Waals surface area contributed by atoms with Crippen LogP contribution in [-0.2, 0) is 6.42 Å². The molecule has 4 aromatic rings. The number of aryl methyl sites for hydroxylation is 1. The van der Waals surface area contributed by atoms with Gasteiger partial charge < -0.3 is 4.74 Å². The third-order valence-corrected chi connectivity index (χ3v) is 5.84. The summed E-state index contributed by atoms with van der Waals surface area (Å²) >= 11 is 0. The van der Waals surface area contributed by atoms with Gasteiger partial charge in [0.1, 0.15) is 5.75 Å². The van der Waals surface area contributed by atoms with Crippen LogP contribution in [0, 0.1) is 0 Å². The standard InChI is InChI=1S/C25H22O/c1-26-20-9-4-8-19(16-20)22-11-5-7-18-13-14-23-21-10-3-2-6-17(21)12-15-24(23)25(18)22/h2-4,6,8-10,12-16,22H,5,7,11H2,1H3. The van der Waals surface area contributed by atoms with E-state index in [0.29, 0.717) is 5.92 Å². The largest absolute Gasteiger partial charge is 0.497 e. The van der Waals surface area contributed by atoms with Crippen molar-refractivity contribution in [3.8, 4) is 5.75 Å². The van der Waals surface area contributed by atoms with Crippen molar-refractivity contribution in [2.24, 2.45) is 0 Å². The van der Waals surface area contributed by atoms with Crippen LogP contribution in [0.5, 0.6) is 5.75 Å². The van der Waals surface area contributed by atoms with Crippen LogP contribution in [0.15, 0.2) is 72.8 Å². The van der Waals surface area contributed by atoms with Gasteiger partial charge >= 0.3 is 0 Å². The molecule has 26 heavy (non-hydrogen) atoms. The molecule has 1 unspecified atom stereocenters. The van der Waals surface area contributed by atoms with Crippen molar-refractivity contribution < 1.29 is 4.74 Å². The number of hydrogen-bond acceptors (Lipinski definition) is 1. The fourth-order valence-electron chi connectivity index (χ4n) is 4.62. The summed E-state index contributed by atoms with van der Waals surface area (Å²) in [6.07, 6.45) is 3.62. The molecule has 0 spiro atoms. The molecule has 0 fully saturated rings. The summed E-state index contributed by atoms with van der Waals surface area (Å²) in [5.41, 5.74) is 4.39. The molecule has 1 nitrogen and oxygen atoms in total. The third kappa shape index (κ3) is 2.39. The zero-order valence-electron chi connectivity index (χ0n) is 15.0. The van der Waals surface area contributed by atoms with Gasteiger partial charge in [-0.15, -0.1) is 0 Å². The molecule has 0 saturated carbocycles. The monoisotopic (exact) mass is 338 g/mol. The molecule has 1 atom stereocenters. The molecule has 0 amide bonds. The first-order valence-corrected chi connectivity index (χ1v) is 9.42.